The summed E-state index contributed by atoms with van der Waals surface area (Å²) in [5.74, 6) is 0. The maximum Gasteiger partial charge on any atom is 0.264 e. The van der Waals surface area contributed by atoms with Crippen LogP contribution in [-0.2, 0) is 37.9 Å². The summed E-state index contributed by atoms with van der Waals surface area (Å²) in [7, 11) is 0. The Kier molecular flexibility index (Phi) is 10.3. The molecule has 4 heteroatoms. The van der Waals surface area contributed by atoms with Gasteiger partial charge in [-0.05, 0) is 210 Å². The van der Waals surface area contributed by atoms with E-state index in [9.17, 15) is 0 Å². The van der Waals surface area contributed by atoms with Crippen LogP contribution in [0, 0.1) is 6.92 Å². The second kappa shape index (κ2) is 15.8. The molecule has 0 unspecified atom stereocenters. The van der Waals surface area contributed by atoms with E-state index in [2.05, 4.69) is 236 Å². The quantitative estimate of drug-likeness (QED) is 0.163. The van der Waals surface area contributed by atoms with Gasteiger partial charge in [-0.1, -0.05) is 165 Å². The third-order valence-corrected chi connectivity index (χ3v) is 21.3. The van der Waals surface area contributed by atoms with E-state index >= 15 is 0 Å². The molecular weight excluding hydrogens is 924 g/mol. The Morgan fingerprint density at radius 2 is 0.987 bits per heavy atom. The Hall–Kier alpha value is -5.58. The number of benzene rings is 7. The molecule has 0 N–H and O–H groups in total. The summed E-state index contributed by atoms with van der Waals surface area (Å²) >= 11 is 2.05. The summed E-state index contributed by atoms with van der Waals surface area (Å²) in [4.78, 5) is 5.55. The summed E-state index contributed by atoms with van der Waals surface area (Å²) in [5, 5.41) is 3.95. The lowest BCUT2D eigenvalue weighted by molar-refractivity contribution is 0.332. The van der Waals surface area contributed by atoms with Gasteiger partial charge in [-0.15, -0.1) is 11.3 Å². The predicted molar refractivity (Wildman–Crippen MR) is 328 cm³/mol. The van der Waals surface area contributed by atoms with Crippen molar-refractivity contribution in [3.63, 3.8) is 0 Å². The van der Waals surface area contributed by atoms with Crippen molar-refractivity contribution in [2.45, 2.75) is 187 Å². The molecule has 2 nitrogen and oxygen atoms in total. The molecule has 5 aliphatic rings. The first-order chi connectivity index (χ1) is 35.2. The third kappa shape index (κ3) is 7.22. The van der Waals surface area contributed by atoms with Gasteiger partial charge in [0.15, 0.2) is 0 Å². The van der Waals surface area contributed by atoms with E-state index in [-0.39, 0.29) is 44.6 Å². The van der Waals surface area contributed by atoms with E-state index in [1.165, 1.54) is 158 Å². The van der Waals surface area contributed by atoms with Crippen molar-refractivity contribution in [3.05, 3.63) is 160 Å². The Bertz CT molecular complexity index is 3750. The van der Waals surface area contributed by atoms with Gasteiger partial charge in [0, 0.05) is 43.2 Å². The minimum absolute atomic E-state index is 0.00142. The molecule has 0 spiro atoms. The maximum atomic E-state index is 2.80. The van der Waals surface area contributed by atoms with E-state index in [4.69, 9.17) is 0 Å². The second-order valence-corrected chi connectivity index (χ2v) is 30.1. The van der Waals surface area contributed by atoms with Crippen LogP contribution >= 0.6 is 11.3 Å². The van der Waals surface area contributed by atoms with E-state index < -0.39 is 0 Å². The molecular formula is C71H79BN2S. The lowest BCUT2D eigenvalue weighted by atomic mass is 9.35. The molecule has 0 fully saturated rings. The highest BCUT2D eigenvalue weighted by Gasteiger charge is 2.49. The van der Waals surface area contributed by atoms with E-state index in [0.717, 1.165) is 6.42 Å². The summed E-state index contributed by atoms with van der Waals surface area (Å²) in [6.07, 6.45) is 7.04. The van der Waals surface area contributed by atoms with Crippen LogP contribution in [0.5, 0.6) is 0 Å². The third-order valence-electron chi connectivity index (χ3n) is 20.0. The molecule has 0 amide bonds. The first kappa shape index (κ1) is 49.0. The zero-order valence-electron chi connectivity index (χ0n) is 48.1. The molecule has 0 radical (unpaired) electrons. The smallest absolute Gasteiger partial charge is 0.264 e. The molecule has 75 heavy (non-hydrogen) atoms. The molecule has 0 atom stereocenters. The Morgan fingerprint density at radius 1 is 0.453 bits per heavy atom. The molecule has 1 aromatic heterocycles. The number of anilines is 6. The molecule has 2 aliphatic heterocycles. The van der Waals surface area contributed by atoms with Crippen LogP contribution < -0.4 is 25.5 Å². The van der Waals surface area contributed by atoms with Crippen molar-refractivity contribution >= 4 is 88.7 Å². The fourth-order valence-electron chi connectivity index (χ4n) is 14.9. The van der Waals surface area contributed by atoms with E-state index in [0.29, 0.717) is 0 Å². The Balaban J connectivity index is 1.19. The highest BCUT2D eigenvalue weighted by molar-refractivity contribution is 7.33. The van der Waals surface area contributed by atoms with Gasteiger partial charge in [-0.3, -0.25) is 0 Å². The van der Waals surface area contributed by atoms with Crippen LogP contribution in [0.1, 0.15) is 187 Å². The van der Waals surface area contributed by atoms with Gasteiger partial charge in [0.05, 0.1) is 11.4 Å². The van der Waals surface area contributed by atoms with Crippen molar-refractivity contribution in [1.29, 1.82) is 0 Å². The summed E-state index contributed by atoms with van der Waals surface area (Å²) in [5.41, 5.74) is 25.4. The fourth-order valence-corrected chi connectivity index (χ4v) is 16.2. The SMILES string of the molecule is Cc1cc2c3c(c1)N(c1ccc4c(c1)C(C)(C)CCC4(C)C)c1c(sc4ccc(C(C)(C)C)cc14)B3c1cc3c(cc1N2c1cc2c(cc1-c1cccc4ccccc14)C(C)(C)CCC2(C)C)C(C)(C)CCC3(C)C. The lowest BCUT2D eigenvalue weighted by Gasteiger charge is -2.48. The Labute approximate surface area is 454 Å². The molecule has 382 valence electrons. The number of rotatable bonds is 3. The zero-order chi connectivity index (χ0) is 52.9. The molecule has 7 aromatic carbocycles. The van der Waals surface area contributed by atoms with Crippen molar-refractivity contribution in [2.75, 3.05) is 9.80 Å². The van der Waals surface area contributed by atoms with Crippen molar-refractivity contribution in [2.24, 2.45) is 0 Å². The molecule has 0 saturated heterocycles. The molecule has 3 heterocycles. The van der Waals surface area contributed by atoms with Crippen molar-refractivity contribution in [3.8, 4) is 11.1 Å². The van der Waals surface area contributed by atoms with Gasteiger partial charge >= 0.3 is 0 Å². The maximum absolute atomic E-state index is 2.80. The molecule has 0 bridgehead atoms. The first-order valence-electron chi connectivity index (χ1n) is 28.5. The highest BCUT2D eigenvalue weighted by atomic mass is 32.1. The highest BCUT2D eigenvalue weighted by Crippen LogP contribution is 2.57. The van der Waals surface area contributed by atoms with Crippen LogP contribution in [0.25, 0.3) is 32.0 Å². The van der Waals surface area contributed by atoms with Crippen LogP contribution in [0.2, 0.25) is 0 Å². The normalized spacial score (nSPS) is 20.0. The van der Waals surface area contributed by atoms with Gasteiger partial charge in [0.25, 0.3) is 6.71 Å². The van der Waals surface area contributed by atoms with E-state index in [1.54, 1.807) is 0 Å². The lowest BCUT2D eigenvalue weighted by Crippen LogP contribution is -2.61. The average molecular weight is 1000 g/mol. The largest absolute Gasteiger partial charge is 0.311 e. The number of hydrogen-bond acceptors (Lipinski definition) is 3. The monoisotopic (exact) mass is 1000 g/mol. The number of nitrogens with zero attached hydrogens (tertiary/aromatic N) is 2. The first-order valence-corrected chi connectivity index (χ1v) is 29.3. The van der Waals surface area contributed by atoms with Crippen molar-refractivity contribution in [1.82, 2.24) is 0 Å². The van der Waals surface area contributed by atoms with Crippen LogP contribution in [0.4, 0.5) is 34.1 Å². The minimum Gasteiger partial charge on any atom is -0.311 e. The van der Waals surface area contributed by atoms with Crippen LogP contribution in [-0.4, -0.2) is 6.71 Å². The van der Waals surface area contributed by atoms with E-state index in [1.807, 2.05) is 11.3 Å². The molecule has 8 aromatic rings. The average Bonchev–Trinajstić information content (AvgIpc) is 3.73. The van der Waals surface area contributed by atoms with Gasteiger partial charge in [-0.2, -0.15) is 0 Å². The fraction of sp³-hybridized carbons (Fsp3) is 0.408. The van der Waals surface area contributed by atoms with Crippen LogP contribution in [0.3, 0.4) is 0 Å². The Morgan fingerprint density at radius 3 is 1.61 bits per heavy atom. The van der Waals surface area contributed by atoms with Gasteiger partial charge < -0.3 is 9.80 Å². The minimum atomic E-state index is 0.00142. The standard InChI is InChI=1S/C71H79BN2S/c1-42-34-59-62-60(35-42)74(57-40-54-52(68(9,10)30-32-70(54,13)14)38-48(57)47-23-19-21-43-20-17-18-22-46(43)47)58-41-55-53(69(11,12)31-33-71(55,15)16)39-56(58)72(62)64-63(49-36-44(65(2,3)4)24-27-61(49)75-64)73(59)45-25-26-50-51(37-45)67(7,8)29-28-66(50,5)6/h17-27,34-41H,28-33H2,1-16H3. The molecule has 13 rings (SSSR count). The number of thiophene rings is 1. The number of hydrogen-bond donors (Lipinski definition) is 0. The van der Waals surface area contributed by atoms with Crippen molar-refractivity contribution < 1.29 is 0 Å². The summed E-state index contributed by atoms with van der Waals surface area (Å²) < 4.78 is 2.83. The van der Waals surface area contributed by atoms with Crippen LogP contribution in [0.15, 0.2) is 115 Å². The topological polar surface area (TPSA) is 6.48 Å². The predicted octanol–water partition coefficient (Wildman–Crippen LogP) is 18.5. The number of fused-ring (bicyclic) bond motifs is 10. The van der Waals surface area contributed by atoms with Gasteiger partial charge in [0.2, 0.25) is 0 Å². The zero-order valence-corrected chi connectivity index (χ0v) is 48.9. The summed E-state index contributed by atoms with van der Waals surface area (Å²) in [6.45, 7) is 39.5. The molecule has 0 saturated carbocycles. The second-order valence-electron chi connectivity index (χ2n) is 29.0. The summed E-state index contributed by atoms with van der Waals surface area (Å²) in [6, 6.07) is 47.0. The van der Waals surface area contributed by atoms with Gasteiger partial charge in [0.1, 0.15) is 0 Å². The number of aryl methyl sites for hydroxylation is 1. The molecule has 3 aliphatic carbocycles. The van der Waals surface area contributed by atoms with Gasteiger partial charge in [-0.25, -0.2) is 0 Å².